The Morgan fingerprint density at radius 2 is 2.05 bits per heavy atom. The Labute approximate surface area is 114 Å². The Kier molecular flexibility index (Phi) is 3.74. The highest BCUT2D eigenvalue weighted by atomic mass is 19.1. The number of amides is 1. The molecule has 0 aliphatic heterocycles. The first-order valence-electron chi connectivity index (χ1n) is 5.74. The fourth-order valence-electron chi connectivity index (χ4n) is 1.66. The molecular weight excluding hydrogens is 263 g/mol. The van der Waals surface area contributed by atoms with Gasteiger partial charge in [-0.3, -0.25) is 4.79 Å². The molecule has 20 heavy (non-hydrogen) atoms. The molecule has 1 amide bonds. The van der Waals surface area contributed by atoms with Gasteiger partial charge in [-0.2, -0.15) is 0 Å². The van der Waals surface area contributed by atoms with Gasteiger partial charge in [0, 0.05) is 11.8 Å². The van der Waals surface area contributed by atoms with Gasteiger partial charge in [-0.1, -0.05) is 0 Å². The van der Waals surface area contributed by atoms with Gasteiger partial charge in [0.1, 0.15) is 17.3 Å². The Morgan fingerprint density at radius 1 is 1.30 bits per heavy atom. The number of phenols is 1. The van der Waals surface area contributed by atoms with Crippen molar-refractivity contribution in [1.82, 2.24) is 0 Å². The van der Waals surface area contributed by atoms with Crippen LogP contribution in [-0.4, -0.2) is 18.1 Å². The third kappa shape index (κ3) is 2.80. The minimum atomic E-state index is -0.609. The molecule has 0 atom stereocenters. The molecule has 0 aliphatic rings. The summed E-state index contributed by atoms with van der Waals surface area (Å²) in [4.78, 5) is 12.0. The van der Waals surface area contributed by atoms with E-state index in [4.69, 9.17) is 10.5 Å². The normalized spacial score (nSPS) is 10.1. The van der Waals surface area contributed by atoms with Crippen molar-refractivity contribution in [2.24, 2.45) is 0 Å². The summed E-state index contributed by atoms with van der Waals surface area (Å²) in [5.74, 6) is -0.885. The number of anilines is 2. The smallest absolute Gasteiger partial charge is 0.257 e. The molecule has 2 aromatic rings. The Balaban J connectivity index is 2.25. The second-order valence-electron chi connectivity index (χ2n) is 4.07. The van der Waals surface area contributed by atoms with Crippen LogP contribution in [0.5, 0.6) is 11.5 Å². The van der Waals surface area contributed by atoms with Gasteiger partial charge < -0.3 is 20.9 Å². The van der Waals surface area contributed by atoms with E-state index >= 15 is 0 Å². The molecule has 104 valence electrons. The highest BCUT2D eigenvalue weighted by molar-refractivity contribution is 6.08. The average molecular weight is 276 g/mol. The van der Waals surface area contributed by atoms with Crippen LogP contribution in [0.15, 0.2) is 36.4 Å². The fourth-order valence-corrected chi connectivity index (χ4v) is 1.66. The van der Waals surface area contributed by atoms with Crippen LogP contribution in [-0.2, 0) is 0 Å². The fraction of sp³-hybridized carbons (Fsp3) is 0.0714. The lowest BCUT2D eigenvalue weighted by atomic mass is 10.1. The molecule has 0 saturated carbocycles. The highest BCUT2D eigenvalue weighted by Gasteiger charge is 2.13. The average Bonchev–Trinajstić information content (AvgIpc) is 2.43. The van der Waals surface area contributed by atoms with E-state index in [1.165, 1.54) is 25.3 Å². The first kappa shape index (κ1) is 13.7. The van der Waals surface area contributed by atoms with Gasteiger partial charge >= 0.3 is 0 Å². The first-order valence-corrected chi connectivity index (χ1v) is 5.74. The van der Waals surface area contributed by atoms with Crippen LogP contribution < -0.4 is 15.8 Å². The number of hydrogen-bond acceptors (Lipinski definition) is 4. The highest BCUT2D eigenvalue weighted by Crippen LogP contribution is 2.28. The van der Waals surface area contributed by atoms with Crippen molar-refractivity contribution in [1.29, 1.82) is 0 Å². The van der Waals surface area contributed by atoms with Crippen molar-refractivity contribution in [3.8, 4) is 11.5 Å². The van der Waals surface area contributed by atoms with Crippen molar-refractivity contribution in [2.75, 3.05) is 18.2 Å². The van der Waals surface area contributed by atoms with E-state index in [1.54, 1.807) is 6.07 Å². The van der Waals surface area contributed by atoms with Crippen molar-refractivity contribution in [3.63, 3.8) is 0 Å². The van der Waals surface area contributed by atoms with Crippen molar-refractivity contribution < 1.29 is 19.0 Å². The van der Waals surface area contributed by atoms with Gasteiger partial charge in [0.15, 0.2) is 0 Å². The summed E-state index contributed by atoms with van der Waals surface area (Å²) in [7, 11) is 1.46. The minimum absolute atomic E-state index is 0.000202. The number of hydrogen-bond donors (Lipinski definition) is 3. The summed E-state index contributed by atoms with van der Waals surface area (Å²) < 4.78 is 18.1. The zero-order valence-corrected chi connectivity index (χ0v) is 10.7. The van der Waals surface area contributed by atoms with E-state index in [2.05, 4.69) is 5.32 Å². The number of phenolic OH excluding ortho intramolecular Hbond substituents is 1. The van der Waals surface area contributed by atoms with Gasteiger partial charge in [-0.15, -0.1) is 0 Å². The predicted octanol–water partition coefficient (Wildman–Crippen LogP) is 2.37. The number of rotatable bonds is 3. The summed E-state index contributed by atoms with van der Waals surface area (Å²) in [5, 5.41) is 12.2. The van der Waals surface area contributed by atoms with Crippen molar-refractivity contribution in [3.05, 3.63) is 47.8 Å². The molecule has 0 spiro atoms. The second-order valence-corrected chi connectivity index (χ2v) is 4.07. The lowest BCUT2D eigenvalue weighted by molar-refractivity contribution is 0.102. The number of halogens is 1. The summed E-state index contributed by atoms with van der Waals surface area (Å²) in [6, 6.07) is 7.90. The van der Waals surface area contributed by atoms with Crippen LogP contribution in [0.3, 0.4) is 0 Å². The Morgan fingerprint density at radius 3 is 2.70 bits per heavy atom. The van der Waals surface area contributed by atoms with Crippen LogP contribution in [0.2, 0.25) is 0 Å². The van der Waals surface area contributed by atoms with Crippen LogP contribution in [0.4, 0.5) is 15.8 Å². The minimum Gasteiger partial charge on any atom is -0.506 e. The molecule has 0 heterocycles. The molecule has 5 nitrogen and oxygen atoms in total. The number of ether oxygens (including phenoxy) is 1. The zero-order chi connectivity index (χ0) is 14.7. The molecule has 0 fully saturated rings. The third-order valence-electron chi connectivity index (χ3n) is 2.71. The topological polar surface area (TPSA) is 84.6 Å². The number of methoxy groups -OCH3 is 1. The maximum atomic E-state index is 13.1. The van der Waals surface area contributed by atoms with E-state index in [-0.39, 0.29) is 22.7 Å². The van der Waals surface area contributed by atoms with Crippen LogP contribution in [0.25, 0.3) is 0 Å². The summed E-state index contributed by atoms with van der Waals surface area (Å²) >= 11 is 0. The van der Waals surface area contributed by atoms with Crippen LogP contribution in [0.1, 0.15) is 10.4 Å². The number of benzene rings is 2. The quantitative estimate of drug-likeness (QED) is 0.593. The number of carbonyl (C=O) groups excluding carboxylic acids is 1. The maximum Gasteiger partial charge on any atom is 0.257 e. The van der Waals surface area contributed by atoms with Gasteiger partial charge in [-0.25, -0.2) is 4.39 Å². The third-order valence-corrected chi connectivity index (χ3v) is 2.71. The molecule has 0 radical (unpaired) electrons. The molecule has 0 bridgehead atoms. The SMILES string of the molecule is COc1ccc(NC(=O)c2cc(F)ccc2N)c(O)c1. The Hall–Kier alpha value is -2.76. The predicted molar refractivity (Wildman–Crippen MR) is 73.4 cm³/mol. The van der Waals surface area contributed by atoms with E-state index in [0.29, 0.717) is 5.75 Å². The molecule has 0 aromatic heterocycles. The monoisotopic (exact) mass is 276 g/mol. The van der Waals surface area contributed by atoms with E-state index in [9.17, 15) is 14.3 Å². The number of carbonyl (C=O) groups is 1. The largest absolute Gasteiger partial charge is 0.506 e. The van der Waals surface area contributed by atoms with Gasteiger partial charge in [-0.05, 0) is 30.3 Å². The lowest BCUT2D eigenvalue weighted by Gasteiger charge is -2.10. The number of nitrogen functional groups attached to an aromatic ring is 1. The summed E-state index contributed by atoms with van der Waals surface area (Å²) in [5.41, 5.74) is 5.95. The van der Waals surface area contributed by atoms with Gasteiger partial charge in [0.05, 0.1) is 18.4 Å². The first-order chi connectivity index (χ1) is 9.51. The number of nitrogens with two attached hydrogens (primary N) is 1. The standard InChI is InChI=1S/C14H13FN2O3/c1-20-9-3-5-12(13(18)7-9)17-14(19)10-6-8(15)2-4-11(10)16/h2-7,18H,16H2,1H3,(H,17,19). The molecule has 0 aliphatic carbocycles. The second kappa shape index (κ2) is 5.48. The summed E-state index contributed by atoms with van der Waals surface area (Å²) in [6.07, 6.45) is 0. The zero-order valence-electron chi connectivity index (χ0n) is 10.7. The van der Waals surface area contributed by atoms with Crippen molar-refractivity contribution >= 4 is 17.3 Å². The molecule has 0 saturated heterocycles. The lowest BCUT2D eigenvalue weighted by Crippen LogP contribution is -2.14. The molecule has 2 aromatic carbocycles. The molecule has 4 N–H and O–H groups in total. The molecule has 0 unspecified atom stereocenters. The van der Waals surface area contributed by atoms with E-state index in [1.807, 2.05) is 0 Å². The van der Waals surface area contributed by atoms with Crippen LogP contribution in [0, 0.1) is 5.82 Å². The van der Waals surface area contributed by atoms with Gasteiger partial charge in [0.25, 0.3) is 5.91 Å². The molecule has 2 rings (SSSR count). The van der Waals surface area contributed by atoms with E-state index < -0.39 is 11.7 Å². The van der Waals surface area contributed by atoms with Crippen LogP contribution >= 0.6 is 0 Å². The number of aromatic hydroxyl groups is 1. The van der Waals surface area contributed by atoms with E-state index in [0.717, 1.165) is 12.1 Å². The summed E-state index contributed by atoms with van der Waals surface area (Å²) in [6.45, 7) is 0. The number of nitrogens with one attached hydrogen (secondary N) is 1. The van der Waals surface area contributed by atoms with Crippen molar-refractivity contribution in [2.45, 2.75) is 0 Å². The molecule has 6 heteroatoms. The Bertz CT molecular complexity index is 659. The van der Waals surface area contributed by atoms with Gasteiger partial charge in [0.2, 0.25) is 0 Å². The molecular formula is C14H13FN2O3. The maximum absolute atomic E-state index is 13.1.